The second-order valence-corrected chi connectivity index (χ2v) is 4.87. The van der Waals surface area contributed by atoms with Crippen molar-refractivity contribution >= 4 is 27.6 Å². The van der Waals surface area contributed by atoms with Crippen LogP contribution in [0.3, 0.4) is 0 Å². The summed E-state index contributed by atoms with van der Waals surface area (Å²) in [5.41, 5.74) is 10.6. The first-order valence-corrected chi connectivity index (χ1v) is 6.60. The van der Waals surface area contributed by atoms with E-state index in [4.69, 9.17) is 10.2 Å². The van der Waals surface area contributed by atoms with Gasteiger partial charge in [0.1, 0.15) is 5.58 Å². The van der Waals surface area contributed by atoms with Gasteiger partial charge in [-0.2, -0.15) is 0 Å². The van der Waals surface area contributed by atoms with Crippen LogP contribution in [0.2, 0.25) is 0 Å². The third kappa shape index (κ3) is 1.51. The van der Waals surface area contributed by atoms with Gasteiger partial charge in [0.15, 0.2) is 5.58 Å². The molecular weight excluding hydrogens is 246 g/mol. The molecule has 0 aliphatic rings. The van der Waals surface area contributed by atoms with E-state index in [2.05, 4.69) is 30.3 Å². The second-order valence-electron chi connectivity index (χ2n) is 4.87. The summed E-state index contributed by atoms with van der Waals surface area (Å²) in [6.07, 6.45) is 0. The number of benzene rings is 3. The summed E-state index contributed by atoms with van der Waals surface area (Å²) in [6.45, 7) is 0. The first-order valence-electron chi connectivity index (χ1n) is 6.60. The minimum Gasteiger partial charge on any atom is -0.453 e. The molecule has 3 aromatic carbocycles. The normalized spacial score (nSPS) is 11.2. The lowest BCUT2D eigenvalue weighted by molar-refractivity contribution is 0.671. The molecule has 0 saturated carbocycles. The van der Waals surface area contributed by atoms with Crippen LogP contribution in [-0.2, 0) is 0 Å². The van der Waals surface area contributed by atoms with E-state index in [1.54, 1.807) is 0 Å². The Kier molecular flexibility index (Phi) is 2.30. The van der Waals surface area contributed by atoms with Crippen LogP contribution in [0.15, 0.2) is 71.1 Å². The number of hydrogen-bond donors (Lipinski definition) is 1. The van der Waals surface area contributed by atoms with Gasteiger partial charge in [0.05, 0.1) is 5.69 Å². The molecule has 2 N–H and O–H groups in total. The molecule has 0 radical (unpaired) electrons. The molecule has 0 spiro atoms. The lowest BCUT2D eigenvalue weighted by Crippen LogP contribution is -1.82. The quantitative estimate of drug-likeness (QED) is 0.497. The highest BCUT2D eigenvalue weighted by Gasteiger charge is 2.12. The van der Waals surface area contributed by atoms with Gasteiger partial charge in [-0.05, 0) is 11.6 Å². The molecule has 0 aliphatic heterocycles. The summed E-state index contributed by atoms with van der Waals surface area (Å²) in [5.74, 6) is 0. The smallest absolute Gasteiger partial charge is 0.158 e. The van der Waals surface area contributed by atoms with Crippen molar-refractivity contribution in [1.29, 1.82) is 0 Å². The number of hydrogen-bond acceptors (Lipinski definition) is 2. The Balaban J connectivity index is 2.14. The molecule has 1 aromatic heterocycles. The molecule has 2 nitrogen and oxygen atoms in total. The van der Waals surface area contributed by atoms with E-state index in [1.807, 2.05) is 36.4 Å². The number of nitrogens with two attached hydrogens (primary N) is 1. The zero-order valence-electron chi connectivity index (χ0n) is 10.8. The van der Waals surface area contributed by atoms with E-state index in [9.17, 15) is 0 Å². The van der Waals surface area contributed by atoms with Gasteiger partial charge in [-0.15, -0.1) is 0 Å². The first-order chi connectivity index (χ1) is 9.84. The van der Waals surface area contributed by atoms with E-state index in [0.29, 0.717) is 5.69 Å². The van der Waals surface area contributed by atoms with Crippen LogP contribution < -0.4 is 5.73 Å². The van der Waals surface area contributed by atoms with Crippen molar-refractivity contribution in [3.63, 3.8) is 0 Å². The highest BCUT2D eigenvalue weighted by molar-refractivity contribution is 6.12. The van der Waals surface area contributed by atoms with Gasteiger partial charge < -0.3 is 10.2 Å². The number of anilines is 1. The van der Waals surface area contributed by atoms with Crippen LogP contribution in [0.25, 0.3) is 33.1 Å². The Morgan fingerprint density at radius 1 is 0.650 bits per heavy atom. The molecule has 0 aliphatic carbocycles. The predicted molar refractivity (Wildman–Crippen MR) is 83.6 cm³/mol. The van der Waals surface area contributed by atoms with Gasteiger partial charge in [-0.3, -0.25) is 0 Å². The Labute approximate surface area is 116 Å². The minimum atomic E-state index is 0.678. The van der Waals surface area contributed by atoms with E-state index < -0.39 is 0 Å². The molecule has 20 heavy (non-hydrogen) atoms. The fourth-order valence-electron chi connectivity index (χ4n) is 2.69. The van der Waals surface area contributed by atoms with Crippen LogP contribution in [0.1, 0.15) is 0 Å². The Bertz CT molecular complexity index is 907. The van der Waals surface area contributed by atoms with Crippen molar-refractivity contribution in [3.05, 3.63) is 66.7 Å². The van der Waals surface area contributed by atoms with E-state index in [1.165, 1.54) is 0 Å². The average Bonchev–Trinajstić information content (AvgIpc) is 2.88. The van der Waals surface area contributed by atoms with E-state index in [0.717, 1.165) is 33.1 Å². The highest BCUT2D eigenvalue weighted by Crippen LogP contribution is 2.37. The molecule has 0 unspecified atom stereocenters. The minimum absolute atomic E-state index is 0.678. The maximum Gasteiger partial charge on any atom is 0.158 e. The number of fused-ring (bicyclic) bond motifs is 3. The molecule has 0 amide bonds. The molecule has 2 heteroatoms. The number of para-hydroxylation sites is 2. The number of furan rings is 1. The van der Waals surface area contributed by atoms with Gasteiger partial charge in [-0.25, -0.2) is 0 Å². The summed E-state index contributed by atoms with van der Waals surface area (Å²) in [5, 5.41) is 2.17. The largest absolute Gasteiger partial charge is 0.453 e. The van der Waals surface area contributed by atoms with Crippen molar-refractivity contribution in [2.24, 2.45) is 0 Å². The number of nitrogen functional groups attached to an aromatic ring is 1. The third-order valence-electron chi connectivity index (χ3n) is 3.64. The fourth-order valence-corrected chi connectivity index (χ4v) is 2.69. The SMILES string of the molecule is Nc1cccc2c1oc1c(-c3ccccc3)cccc12. The molecule has 1 heterocycles. The summed E-state index contributed by atoms with van der Waals surface area (Å²) < 4.78 is 6.04. The van der Waals surface area contributed by atoms with Crippen molar-refractivity contribution in [1.82, 2.24) is 0 Å². The van der Waals surface area contributed by atoms with Crippen LogP contribution in [-0.4, -0.2) is 0 Å². The van der Waals surface area contributed by atoms with Crippen LogP contribution in [0, 0.1) is 0 Å². The summed E-state index contributed by atoms with van der Waals surface area (Å²) in [7, 11) is 0. The van der Waals surface area contributed by atoms with Crippen LogP contribution >= 0.6 is 0 Å². The van der Waals surface area contributed by atoms with Crippen molar-refractivity contribution in [3.8, 4) is 11.1 Å². The molecule has 0 fully saturated rings. The van der Waals surface area contributed by atoms with Gasteiger partial charge in [-0.1, -0.05) is 60.7 Å². The highest BCUT2D eigenvalue weighted by atomic mass is 16.3. The van der Waals surface area contributed by atoms with Crippen molar-refractivity contribution < 1.29 is 4.42 Å². The van der Waals surface area contributed by atoms with E-state index >= 15 is 0 Å². The van der Waals surface area contributed by atoms with Gasteiger partial charge in [0, 0.05) is 16.3 Å². The first kappa shape index (κ1) is 11.1. The summed E-state index contributed by atoms with van der Waals surface area (Å²) in [4.78, 5) is 0. The maximum absolute atomic E-state index is 6.04. The van der Waals surface area contributed by atoms with Crippen molar-refractivity contribution in [2.45, 2.75) is 0 Å². The monoisotopic (exact) mass is 259 g/mol. The standard InChI is InChI=1S/C18H13NO/c19-16-11-5-10-15-14-9-4-8-13(17(14)20-18(15)16)12-6-2-1-3-7-12/h1-11H,19H2. The zero-order chi connectivity index (χ0) is 13.5. The average molecular weight is 259 g/mol. The topological polar surface area (TPSA) is 39.2 Å². The Hall–Kier alpha value is -2.74. The fraction of sp³-hybridized carbons (Fsp3) is 0. The zero-order valence-corrected chi connectivity index (χ0v) is 10.8. The number of rotatable bonds is 1. The second kappa shape index (κ2) is 4.14. The predicted octanol–water partition coefficient (Wildman–Crippen LogP) is 4.84. The molecular formula is C18H13NO. The van der Waals surface area contributed by atoms with Crippen molar-refractivity contribution in [2.75, 3.05) is 5.73 Å². The Morgan fingerprint density at radius 2 is 1.35 bits per heavy atom. The van der Waals surface area contributed by atoms with Crippen LogP contribution in [0.5, 0.6) is 0 Å². The van der Waals surface area contributed by atoms with Gasteiger partial charge in [0.2, 0.25) is 0 Å². The summed E-state index contributed by atoms with van der Waals surface area (Å²) >= 11 is 0. The molecule has 0 atom stereocenters. The van der Waals surface area contributed by atoms with Gasteiger partial charge in [0.25, 0.3) is 0 Å². The molecule has 4 rings (SSSR count). The van der Waals surface area contributed by atoms with E-state index in [-0.39, 0.29) is 0 Å². The lowest BCUT2D eigenvalue weighted by atomic mass is 10.0. The Morgan fingerprint density at radius 3 is 2.15 bits per heavy atom. The van der Waals surface area contributed by atoms with Gasteiger partial charge >= 0.3 is 0 Å². The summed E-state index contributed by atoms with van der Waals surface area (Å²) in [6, 6.07) is 22.3. The molecule has 0 saturated heterocycles. The molecule has 0 bridgehead atoms. The molecule has 4 aromatic rings. The molecule has 96 valence electrons. The lowest BCUT2D eigenvalue weighted by Gasteiger charge is -2.01. The third-order valence-corrected chi connectivity index (χ3v) is 3.64. The van der Waals surface area contributed by atoms with Crippen LogP contribution in [0.4, 0.5) is 5.69 Å². The maximum atomic E-state index is 6.04.